The first-order valence-corrected chi connectivity index (χ1v) is 14.1. The first-order chi connectivity index (χ1) is 21.4. The van der Waals surface area contributed by atoms with Crippen LogP contribution in [0.4, 0.5) is 38.1 Å². The summed E-state index contributed by atoms with van der Waals surface area (Å²) in [7, 11) is 0. The second-order valence-corrected chi connectivity index (χ2v) is 10.5. The van der Waals surface area contributed by atoms with Crippen LogP contribution in [0.15, 0.2) is 66.7 Å². The Balaban J connectivity index is 1.36. The highest BCUT2D eigenvalue weighted by Crippen LogP contribution is 2.34. The summed E-state index contributed by atoms with van der Waals surface area (Å²) in [6.45, 7) is -1.24. The van der Waals surface area contributed by atoms with E-state index >= 15 is 0 Å². The zero-order valence-corrected chi connectivity index (χ0v) is 24.4. The van der Waals surface area contributed by atoms with Crippen molar-refractivity contribution in [3.63, 3.8) is 0 Å². The predicted octanol–water partition coefficient (Wildman–Crippen LogP) is 5.30. The molecular formula is C30H30ClF5N4O5. The monoisotopic (exact) mass is 656 g/mol. The van der Waals surface area contributed by atoms with E-state index in [0.717, 1.165) is 0 Å². The number of amides is 2. The Morgan fingerprint density at radius 3 is 2.33 bits per heavy atom. The lowest BCUT2D eigenvalue weighted by Crippen LogP contribution is -2.51. The van der Waals surface area contributed by atoms with Gasteiger partial charge < -0.3 is 35.5 Å². The summed E-state index contributed by atoms with van der Waals surface area (Å²) in [6, 6.07) is 14.5. The molecule has 0 spiro atoms. The van der Waals surface area contributed by atoms with Crippen LogP contribution in [0.25, 0.3) is 0 Å². The van der Waals surface area contributed by atoms with E-state index in [-0.39, 0.29) is 37.8 Å². The van der Waals surface area contributed by atoms with E-state index in [4.69, 9.17) is 25.8 Å². The third-order valence-electron chi connectivity index (χ3n) is 6.52. The van der Waals surface area contributed by atoms with Crippen molar-refractivity contribution in [2.24, 2.45) is 0 Å². The van der Waals surface area contributed by atoms with Gasteiger partial charge in [-0.15, -0.1) is 0 Å². The molecule has 242 valence electrons. The molecule has 0 radical (unpaired) electrons. The highest BCUT2D eigenvalue weighted by atomic mass is 35.5. The molecule has 2 amide bonds. The van der Waals surface area contributed by atoms with Gasteiger partial charge >= 0.3 is 12.3 Å². The number of hydrogen-bond acceptors (Lipinski definition) is 7. The van der Waals surface area contributed by atoms with Crippen LogP contribution in [0, 0.1) is 11.6 Å². The number of alkyl halides is 3. The summed E-state index contributed by atoms with van der Waals surface area (Å²) >= 11 is 6.51. The summed E-state index contributed by atoms with van der Waals surface area (Å²) in [6.07, 6.45) is -6.03. The average molecular weight is 657 g/mol. The quantitative estimate of drug-likeness (QED) is 0.196. The Bertz CT molecular complexity index is 1420. The number of halogens is 6. The predicted molar refractivity (Wildman–Crippen MR) is 156 cm³/mol. The van der Waals surface area contributed by atoms with E-state index < -0.39 is 54.5 Å². The Morgan fingerprint density at radius 1 is 1.00 bits per heavy atom. The van der Waals surface area contributed by atoms with Crippen LogP contribution in [0.2, 0.25) is 5.02 Å². The van der Waals surface area contributed by atoms with Crippen molar-refractivity contribution in [3.05, 3.63) is 89.0 Å². The highest BCUT2D eigenvalue weighted by Gasteiger charge is 2.29. The molecule has 0 aromatic heterocycles. The summed E-state index contributed by atoms with van der Waals surface area (Å²) < 4.78 is 80.1. The second kappa shape index (κ2) is 15.7. The molecule has 4 N–H and O–H groups in total. The molecule has 0 bridgehead atoms. The molecule has 9 nitrogen and oxygen atoms in total. The maximum atomic E-state index is 13.5. The fourth-order valence-electron chi connectivity index (χ4n) is 4.23. The molecule has 1 fully saturated rings. The Morgan fingerprint density at radius 2 is 1.69 bits per heavy atom. The minimum absolute atomic E-state index is 0.0616. The largest absolute Gasteiger partial charge is 0.489 e. The number of morpholine rings is 1. The molecule has 4 rings (SSSR count). The number of carbonyl (C=O) groups is 2. The fraction of sp³-hybridized carbons (Fsp3) is 0.333. The van der Waals surface area contributed by atoms with Gasteiger partial charge in [0.1, 0.15) is 49.3 Å². The van der Waals surface area contributed by atoms with E-state index in [2.05, 4.69) is 16.0 Å². The number of alkyl carbamates (subject to hydrolysis) is 1. The molecule has 3 atom stereocenters. The lowest BCUT2D eigenvalue weighted by atomic mass is 10.0. The first kappa shape index (κ1) is 33.7. The van der Waals surface area contributed by atoms with Crippen LogP contribution in [0.5, 0.6) is 5.75 Å². The number of benzene rings is 3. The van der Waals surface area contributed by atoms with Crippen LogP contribution in [0.1, 0.15) is 5.56 Å². The molecule has 3 aromatic rings. The third kappa shape index (κ3) is 11.1. The molecule has 0 saturated carbocycles. The SMILES string of the molecule is O=C(NCC(F)(F)F)OC[C@@H]1CO[C@H](COc2cccc(Cl)c2N[C@@H](Cc2ccc(F)cc2)C(=O)Nc2ccc(F)cc2)CN1. The number of carbonyl (C=O) groups excluding carboxylic acids is 2. The molecule has 1 heterocycles. The third-order valence-corrected chi connectivity index (χ3v) is 6.83. The van der Waals surface area contributed by atoms with Gasteiger partial charge in [0.05, 0.1) is 23.4 Å². The Labute approximate surface area is 260 Å². The average Bonchev–Trinajstić information content (AvgIpc) is 3.01. The summed E-state index contributed by atoms with van der Waals surface area (Å²) in [5.41, 5.74) is 1.35. The van der Waals surface area contributed by atoms with Crippen molar-refractivity contribution in [2.75, 3.05) is 43.5 Å². The van der Waals surface area contributed by atoms with Gasteiger partial charge in [-0.1, -0.05) is 29.8 Å². The Hall–Kier alpha value is -4.14. The summed E-state index contributed by atoms with van der Waals surface area (Å²) in [4.78, 5) is 24.8. The van der Waals surface area contributed by atoms with Crippen LogP contribution >= 0.6 is 11.6 Å². The molecule has 0 aliphatic carbocycles. The van der Waals surface area contributed by atoms with Crippen molar-refractivity contribution >= 4 is 35.0 Å². The molecule has 3 aromatic carbocycles. The number of ether oxygens (including phenoxy) is 3. The standard InChI is InChI=1S/C30H30ClF5N4O5/c31-24-2-1-3-26(44-16-23-13-37-22(14-43-23)15-45-29(42)38-17-30(34,35)36)27(24)40-25(12-18-4-6-19(32)7-5-18)28(41)39-21-10-8-20(33)9-11-21/h1-11,22-23,25,37,40H,12-17H2,(H,38,42)(H,39,41)/t22-,23-,25-/m0/s1. The zero-order chi connectivity index (χ0) is 32.4. The molecule has 45 heavy (non-hydrogen) atoms. The lowest BCUT2D eigenvalue weighted by Gasteiger charge is -2.30. The highest BCUT2D eigenvalue weighted by molar-refractivity contribution is 6.33. The molecular weight excluding hydrogens is 627 g/mol. The summed E-state index contributed by atoms with van der Waals surface area (Å²) in [5.74, 6) is -1.03. The minimum Gasteiger partial charge on any atom is -0.489 e. The van der Waals surface area contributed by atoms with Gasteiger partial charge in [0.25, 0.3) is 0 Å². The summed E-state index contributed by atoms with van der Waals surface area (Å²) in [5, 5.41) is 10.8. The number of para-hydroxylation sites is 1. The molecule has 15 heteroatoms. The minimum atomic E-state index is -4.54. The van der Waals surface area contributed by atoms with Crippen molar-refractivity contribution in [1.82, 2.24) is 10.6 Å². The van der Waals surface area contributed by atoms with E-state index in [9.17, 15) is 31.5 Å². The fourth-order valence-corrected chi connectivity index (χ4v) is 4.45. The van der Waals surface area contributed by atoms with E-state index in [1.54, 1.807) is 35.6 Å². The normalized spacial score (nSPS) is 17.2. The van der Waals surface area contributed by atoms with Crippen molar-refractivity contribution in [3.8, 4) is 5.75 Å². The van der Waals surface area contributed by atoms with Gasteiger partial charge in [0.15, 0.2) is 0 Å². The maximum absolute atomic E-state index is 13.5. The zero-order valence-electron chi connectivity index (χ0n) is 23.6. The van der Waals surface area contributed by atoms with Crippen LogP contribution < -0.4 is 26.0 Å². The van der Waals surface area contributed by atoms with Gasteiger partial charge in [0, 0.05) is 18.7 Å². The molecule has 1 saturated heterocycles. The van der Waals surface area contributed by atoms with Crippen molar-refractivity contribution in [2.45, 2.75) is 30.8 Å². The van der Waals surface area contributed by atoms with Crippen LogP contribution in [-0.4, -0.2) is 69.3 Å². The van der Waals surface area contributed by atoms with Gasteiger partial charge in [-0.25, -0.2) is 13.6 Å². The molecule has 1 aliphatic heterocycles. The molecule has 1 aliphatic rings. The topological polar surface area (TPSA) is 110 Å². The van der Waals surface area contributed by atoms with Crippen LogP contribution in [-0.2, 0) is 20.7 Å². The maximum Gasteiger partial charge on any atom is 0.407 e. The molecule has 0 unspecified atom stereocenters. The Kier molecular flexibility index (Phi) is 11.8. The van der Waals surface area contributed by atoms with E-state index in [1.807, 2.05) is 0 Å². The van der Waals surface area contributed by atoms with Crippen molar-refractivity contribution < 1.29 is 45.8 Å². The van der Waals surface area contributed by atoms with Crippen LogP contribution in [0.3, 0.4) is 0 Å². The lowest BCUT2D eigenvalue weighted by molar-refractivity contribution is -0.124. The van der Waals surface area contributed by atoms with Crippen molar-refractivity contribution in [1.29, 1.82) is 0 Å². The second-order valence-electron chi connectivity index (χ2n) is 10.1. The number of hydrogen-bond donors (Lipinski definition) is 4. The smallest absolute Gasteiger partial charge is 0.407 e. The van der Waals surface area contributed by atoms with Gasteiger partial charge in [-0.3, -0.25) is 4.79 Å². The van der Waals surface area contributed by atoms with Gasteiger partial charge in [-0.2, -0.15) is 13.2 Å². The number of nitrogens with one attached hydrogen (secondary N) is 4. The number of rotatable bonds is 12. The van der Waals surface area contributed by atoms with Gasteiger partial charge in [-0.05, 0) is 54.1 Å². The van der Waals surface area contributed by atoms with Gasteiger partial charge in [0.2, 0.25) is 5.91 Å². The van der Waals surface area contributed by atoms with E-state index in [1.165, 1.54) is 36.4 Å². The first-order valence-electron chi connectivity index (χ1n) is 13.8. The number of anilines is 2. The van der Waals surface area contributed by atoms with E-state index in [0.29, 0.717) is 22.7 Å².